The minimum atomic E-state index is -0.612. The van der Waals surface area contributed by atoms with Crippen LogP contribution in [0.25, 0.3) is 0 Å². The van der Waals surface area contributed by atoms with Crippen LogP contribution in [0.15, 0.2) is 24.3 Å². The highest BCUT2D eigenvalue weighted by atomic mass is 16.5. The molecule has 0 bridgehead atoms. The van der Waals surface area contributed by atoms with Crippen molar-refractivity contribution in [2.24, 2.45) is 17.3 Å². The Morgan fingerprint density at radius 2 is 1.92 bits per heavy atom. The first-order chi connectivity index (χ1) is 11.4. The molecule has 4 nitrogen and oxygen atoms in total. The molecule has 1 saturated heterocycles. The lowest BCUT2D eigenvalue weighted by atomic mass is 9.56. The minimum Gasteiger partial charge on any atom is -0.496 e. The molecule has 1 aromatic carbocycles. The van der Waals surface area contributed by atoms with Crippen LogP contribution in [0.2, 0.25) is 0 Å². The van der Waals surface area contributed by atoms with Gasteiger partial charge in [0.15, 0.2) is 0 Å². The van der Waals surface area contributed by atoms with E-state index in [9.17, 15) is 9.90 Å². The van der Waals surface area contributed by atoms with Gasteiger partial charge in [-0.05, 0) is 56.6 Å². The summed E-state index contributed by atoms with van der Waals surface area (Å²) in [6.07, 6.45) is 4.77. The van der Waals surface area contributed by atoms with Crippen LogP contribution in [0.3, 0.4) is 0 Å². The SMILES string of the molecule is COc1ccccc1CC1CC2(C1)CN(C(=O)C1CC(C)(O)C1)C2. The largest absolute Gasteiger partial charge is 0.496 e. The van der Waals surface area contributed by atoms with Gasteiger partial charge in [-0.3, -0.25) is 4.79 Å². The van der Waals surface area contributed by atoms with E-state index in [2.05, 4.69) is 12.1 Å². The fourth-order valence-electron chi connectivity index (χ4n) is 5.10. The number of aliphatic hydroxyl groups is 1. The number of hydrogen-bond donors (Lipinski definition) is 1. The highest BCUT2D eigenvalue weighted by molar-refractivity contribution is 5.81. The number of benzene rings is 1. The molecule has 4 heteroatoms. The van der Waals surface area contributed by atoms with Crippen LogP contribution in [0.5, 0.6) is 5.75 Å². The summed E-state index contributed by atoms with van der Waals surface area (Å²) in [4.78, 5) is 14.4. The zero-order valence-corrected chi connectivity index (χ0v) is 14.6. The lowest BCUT2D eigenvalue weighted by molar-refractivity contribution is -0.171. The van der Waals surface area contributed by atoms with Crippen LogP contribution in [0.4, 0.5) is 0 Å². The highest BCUT2D eigenvalue weighted by Crippen LogP contribution is 2.54. The van der Waals surface area contributed by atoms with Crippen LogP contribution in [0, 0.1) is 17.3 Å². The molecule has 4 rings (SSSR count). The standard InChI is InChI=1S/C20H27NO3/c1-19(23)10-16(11-19)18(22)21-12-20(13-21)8-14(9-20)7-15-5-3-4-6-17(15)24-2/h3-6,14,16,23H,7-13H2,1-2H3. The Hall–Kier alpha value is -1.55. The summed E-state index contributed by atoms with van der Waals surface area (Å²) in [5.41, 5.74) is 1.07. The number of ether oxygens (including phenoxy) is 1. The van der Waals surface area contributed by atoms with Gasteiger partial charge >= 0.3 is 0 Å². The van der Waals surface area contributed by atoms with E-state index in [1.54, 1.807) is 7.11 Å². The Morgan fingerprint density at radius 1 is 1.25 bits per heavy atom. The van der Waals surface area contributed by atoms with Crippen LogP contribution < -0.4 is 4.74 Å². The van der Waals surface area contributed by atoms with Gasteiger partial charge in [0.2, 0.25) is 5.91 Å². The van der Waals surface area contributed by atoms with Crippen LogP contribution in [-0.2, 0) is 11.2 Å². The van der Waals surface area contributed by atoms with Gasteiger partial charge in [-0.25, -0.2) is 0 Å². The van der Waals surface area contributed by atoms with Crippen molar-refractivity contribution in [1.29, 1.82) is 0 Å². The summed E-state index contributed by atoms with van der Waals surface area (Å²) in [5.74, 6) is 2.02. The number of amides is 1. The number of methoxy groups -OCH3 is 1. The third kappa shape index (κ3) is 2.71. The summed E-state index contributed by atoms with van der Waals surface area (Å²) in [6, 6.07) is 8.27. The second-order valence-corrected chi connectivity index (χ2v) is 8.59. The molecule has 1 heterocycles. The molecule has 1 amide bonds. The van der Waals surface area contributed by atoms with Gasteiger partial charge in [0.1, 0.15) is 5.75 Å². The average Bonchev–Trinajstić information content (AvgIpc) is 2.45. The number of para-hydroxylation sites is 1. The monoisotopic (exact) mass is 329 g/mol. The second kappa shape index (κ2) is 5.48. The van der Waals surface area contributed by atoms with Gasteiger partial charge < -0.3 is 14.7 Å². The van der Waals surface area contributed by atoms with Crippen molar-refractivity contribution in [3.63, 3.8) is 0 Å². The van der Waals surface area contributed by atoms with Gasteiger partial charge in [0, 0.05) is 24.4 Å². The first-order valence-corrected chi connectivity index (χ1v) is 9.03. The summed E-state index contributed by atoms with van der Waals surface area (Å²) in [5, 5.41) is 9.80. The van der Waals surface area contributed by atoms with E-state index in [-0.39, 0.29) is 11.8 Å². The molecule has 2 aliphatic carbocycles. The molecular formula is C20H27NO3. The molecule has 3 fully saturated rings. The van der Waals surface area contributed by atoms with Gasteiger partial charge in [-0.2, -0.15) is 0 Å². The average molecular weight is 329 g/mol. The third-order valence-electron chi connectivity index (χ3n) is 6.23. The number of hydrogen-bond acceptors (Lipinski definition) is 3. The van der Waals surface area contributed by atoms with Crippen molar-refractivity contribution in [2.45, 2.75) is 44.6 Å². The third-order valence-corrected chi connectivity index (χ3v) is 6.23. The Bertz CT molecular complexity index is 632. The maximum Gasteiger partial charge on any atom is 0.225 e. The van der Waals surface area contributed by atoms with Crippen molar-refractivity contribution >= 4 is 5.91 Å². The predicted octanol–water partition coefficient (Wildman–Crippen LogP) is 2.64. The summed E-state index contributed by atoms with van der Waals surface area (Å²) in [6.45, 7) is 3.67. The topological polar surface area (TPSA) is 49.8 Å². The van der Waals surface area contributed by atoms with E-state index in [4.69, 9.17) is 4.74 Å². The Labute approximate surface area is 143 Å². The number of likely N-dealkylation sites (tertiary alicyclic amines) is 1. The Kier molecular flexibility index (Phi) is 3.64. The molecule has 0 radical (unpaired) electrons. The quantitative estimate of drug-likeness (QED) is 0.924. The highest BCUT2D eigenvalue weighted by Gasteiger charge is 2.55. The fraction of sp³-hybridized carbons (Fsp3) is 0.650. The molecule has 0 aromatic heterocycles. The fourth-order valence-corrected chi connectivity index (χ4v) is 5.10. The lowest BCUT2D eigenvalue weighted by Crippen LogP contribution is -2.66. The normalized spacial score (nSPS) is 31.1. The van der Waals surface area contributed by atoms with Crippen LogP contribution in [0.1, 0.15) is 38.2 Å². The summed E-state index contributed by atoms with van der Waals surface area (Å²) >= 11 is 0. The van der Waals surface area contributed by atoms with Crippen molar-refractivity contribution in [1.82, 2.24) is 4.90 Å². The van der Waals surface area contributed by atoms with Gasteiger partial charge in [-0.15, -0.1) is 0 Å². The molecule has 1 spiro atoms. The Balaban J connectivity index is 1.25. The summed E-state index contributed by atoms with van der Waals surface area (Å²) in [7, 11) is 1.73. The molecule has 0 atom stereocenters. The molecule has 2 saturated carbocycles. The molecule has 3 aliphatic rings. The number of carbonyl (C=O) groups is 1. The van der Waals surface area contributed by atoms with E-state index in [0.717, 1.165) is 25.3 Å². The van der Waals surface area contributed by atoms with Gasteiger partial charge in [-0.1, -0.05) is 18.2 Å². The zero-order chi connectivity index (χ0) is 16.9. The lowest BCUT2D eigenvalue weighted by Gasteiger charge is -2.60. The van der Waals surface area contributed by atoms with Crippen molar-refractivity contribution in [3.8, 4) is 5.75 Å². The van der Waals surface area contributed by atoms with Crippen molar-refractivity contribution in [3.05, 3.63) is 29.8 Å². The van der Waals surface area contributed by atoms with E-state index < -0.39 is 5.60 Å². The van der Waals surface area contributed by atoms with E-state index >= 15 is 0 Å². The second-order valence-electron chi connectivity index (χ2n) is 8.59. The first kappa shape index (κ1) is 15.9. The van der Waals surface area contributed by atoms with Crippen LogP contribution >= 0.6 is 0 Å². The smallest absolute Gasteiger partial charge is 0.225 e. The maximum absolute atomic E-state index is 12.4. The first-order valence-electron chi connectivity index (χ1n) is 9.03. The molecular weight excluding hydrogens is 302 g/mol. The molecule has 1 aliphatic heterocycles. The predicted molar refractivity (Wildman–Crippen MR) is 91.8 cm³/mol. The van der Waals surface area contributed by atoms with Gasteiger partial charge in [0.25, 0.3) is 0 Å². The molecule has 24 heavy (non-hydrogen) atoms. The minimum absolute atomic E-state index is 0.0572. The number of carbonyl (C=O) groups excluding carboxylic acids is 1. The van der Waals surface area contributed by atoms with Crippen molar-refractivity contribution in [2.75, 3.05) is 20.2 Å². The van der Waals surface area contributed by atoms with Gasteiger partial charge in [0.05, 0.1) is 12.7 Å². The van der Waals surface area contributed by atoms with E-state index in [0.29, 0.717) is 24.2 Å². The number of nitrogens with zero attached hydrogens (tertiary/aromatic N) is 1. The van der Waals surface area contributed by atoms with E-state index in [1.807, 2.05) is 24.0 Å². The summed E-state index contributed by atoms with van der Waals surface area (Å²) < 4.78 is 5.44. The number of rotatable bonds is 4. The van der Waals surface area contributed by atoms with E-state index in [1.165, 1.54) is 18.4 Å². The zero-order valence-electron chi connectivity index (χ0n) is 14.6. The Morgan fingerprint density at radius 3 is 2.54 bits per heavy atom. The molecule has 130 valence electrons. The van der Waals surface area contributed by atoms with Crippen LogP contribution in [-0.4, -0.2) is 41.7 Å². The maximum atomic E-state index is 12.4. The molecule has 1 aromatic rings. The molecule has 1 N–H and O–H groups in total. The molecule has 0 unspecified atom stereocenters. The van der Waals surface area contributed by atoms with Crippen molar-refractivity contribution < 1.29 is 14.6 Å².